The summed E-state index contributed by atoms with van der Waals surface area (Å²) >= 11 is 0. The van der Waals surface area contributed by atoms with E-state index in [4.69, 9.17) is 11.2 Å². The number of ether oxygens (including phenoxy) is 1. The van der Waals surface area contributed by atoms with Crippen LogP contribution in [0.1, 0.15) is 39.5 Å². The number of carbonyl (C=O) groups is 1. The Morgan fingerprint density at radius 2 is 2.35 bits per heavy atom. The third kappa shape index (κ3) is 4.40. The molecule has 17 heavy (non-hydrogen) atoms. The van der Waals surface area contributed by atoms with Gasteiger partial charge >= 0.3 is 5.97 Å². The highest BCUT2D eigenvalue weighted by Crippen LogP contribution is 2.31. The molecule has 0 aromatic carbocycles. The van der Waals surface area contributed by atoms with E-state index in [1.165, 1.54) is 12.8 Å². The molecule has 0 spiro atoms. The number of nitrogens with one attached hydrogen (secondary N) is 1. The minimum absolute atomic E-state index is 0.151. The summed E-state index contributed by atoms with van der Waals surface area (Å²) in [7, 11) is 0. The topological polar surface area (TPSA) is 38.3 Å². The van der Waals surface area contributed by atoms with Crippen LogP contribution >= 0.6 is 0 Å². The van der Waals surface area contributed by atoms with Crippen LogP contribution in [0.5, 0.6) is 0 Å². The maximum absolute atomic E-state index is 11.9. The Labute approximate surface area is 104 Å². The smallest absolute Gasteiger partial charge is 0.323 e. The van der Waals surface area contributed by atoms with Crippen LogP contribution in [0.3, 0.4) is 0 Å². The summed E-state index contributed by atoms with van der Waals surface area (Å²) in [5, 5.41) is 3.13. The molecule has 3 heteroatoms. The molecular weight excluding hydrogens is 214 g/mol. The monoisotopic (exact) mass is 237 g/mol. The third-order valence-electron chi connectivity index (χ3n) is 3.41. The average Bonchev–Trinajstić information content (AvgIpc) is 2.30. The Bertz CT molecular complexity index is 282. The first-order chi connectivity index (χ1) is 8.19. The van der Waals surface area contributed by atoms with Gasteiger partial charge in [0, 0.05) is 0 Å². The van der Waals surface area contributed by atoms with Crippen LogP contribution in [0.4, 0.5) is 0 Å². The molecule has 0 aliphatic heterocycles. The summed E-state index contributed by atoms with van der Waals surface area (Å²) in [6, 6.07) is -0.228. The predicted molar refractivity (Wildman–Crippen MR) is 68.4 cm³/mol. The summed E-state index contributed by atoms with van der Waals surface area (Å²) in [4.78, 5) is 11.9. The van der Waals surface area contributed by atoms with Crippen LogP contribution in [-0.2, 0) is 9.53 Å². The fraction of sp³-hybridized carbons (Fsp3) is 0.786. The first-order valence-corrected chi connectivity index (χ1v) is 6.52. The molecule has 3 unspecified atom stereocenters. The maximum atomic E-state index is 11.9. The molecule has 0 aromatic rings. The van der Waals surface area contributed by atoms with Gasteiger partial charge in [0.25, 0.3) is 0 Å². The van der Waals surface area contributed by atoms with Crippen molar-refractivity contribution in [3.05, 3.63) is 0 Å². The Balaban J connectivity index is 2.60. The number of esters is 1. The van der Waals surface area contributed by atoms with Crippen molar-refractivity contribution in [3.8, 4) is 12.3 Å². The van der Waals surface area contributed by atoms with E-state index in [-0.39, 0.29) is 12.0 Å². The number of hydrogen-bond donors (Lipinski definition) is 1. The summed E-state index contributed by atoms with van der Waals surface area (Å²) in [5.41, 5.74) is 0. The Kier molecular flexibility index (Phi) is 6.07. The quantitative estimate of drug-likeness (QED) is 0.587. The lowest BCUT2D eigenvalue weighted by atomic mass is 9.78. The molecule has 1 N–H and O–H groups in total. The van der Waals surface area contributed by atoms with Crippen molar-refractivity contribution in [2.45, 2.75) is 45.6 Å². The lowest BCUT2D eigenvalue weighted by molar-refractivity contribution is -0.147. The van der Waals surface area contributed by atoms with Crippen molar-refractivity contribution in [3.63, 3.8) is 0 Å². The van der Waals surface area contributed by atoms with Crippen molar-refractivity contribution in [1.29, 1.82) is 0 Å². The first-order valence-electron chi connectivity index (χ1n) is 6.52. The number of carbonyl (C=O) groups excluding carboxylic acids is 1. The summed E-state index contributed by atoms with van der Waals surface area (Å²) in [6.45, 7) is 4.93. The van der Waals surface area contributed by atoms with Crippen LogP contribution in [-0.4, -0.2) is 25.2 Å². The average molecular weight is 237 g/mol. The zero-order valence-electron chi connectivity index (χ0n) is 10.9. The SMILES string of the molecule is C#CCNC(C(=O)OCC)C1CCCC(C)C1. The van der Waals surface area contributed by atoms with Crippen molar-refractivity contribution in [1.82, 2.24) is 5.32 Å². The molecule has 1 fully saturated rings. The Morgan fingerprint density at radius 3 is 2.94 bits per heavy atom. The lowest BCUT2D eigenvalue weighted by Gasteiger charge is -2.32. The molecule has 1 rings (SSSR count). The molecule has 96 valence electrons. The Hall–Kier alpha value is -1.01. The first kappa shape index (κ1) is 14.1. The van der Waals surface area contributed by atoms with Gasteiger partial charge in [0.05, 0.1) is 13.2 Å². The minimum atomic E-state index is -0.228. The van der Waals surface area contributed by atoms with E-state index in [1.54, 1.807) is 0 Å². The van der Waals surface area contributed by atoms with Crippen molar-refractivity contribution in [2.24, 2.45) is 11.8 Å². The van der Waals surface area contributed by atoms with E-state index in [0.717, 1.165) is 12.8 Å². The summed E-state index contributed by atoms with van der Waals surface area (Å²) in [6.07, 6.45) is 9.88. The molecule has 0 heterocycles. The van der Waals surface area contributed by atoms with E-state index < -0.39 is 0 Å². The predicted octanol–water partition coefficient (Wildman–Crippen LogP) is 1.97. The van der Waals surface area contributed by atoms with Crippen LogP contribution in [0.2, 0.25) is 0 Å². The standard InChI is InChI=1S/C14H23NO2/c1-4-9-15-13(14(16)17-5-2)12-8-6-7-11(3)10-12/h1,11-13,15H,5-10H2,2-3H3. The van der Waals surface area contributed by atoms with Gasteiger partial charge in [-0.3, -0.25) is 10.1 Å². The zero-order chi connectivity index (χ0) is 12.7. The number of hydrogen-bond acceptors (Lipinski definition) is 3. The van der Waals surface area contributed by atoms with E-state index in [9.17, 15) is 4.79 Å². The lowest BCUT2D eigenvalue weighted by Crippen LogP contribution is -2.45. The van der Waals surface area contributed by atoms with Gasteiger partial charge in [0.1, 0.15) is 6.04 Å². The summed E-state index contributed by atoms with van der Waals surface area (Å²) < 4.78 is 5.12. The molecule has 0 aromatic heterocycles. The number of terminal acetylenes is 1. The van der Waals surface area contributed by atoms with Crippen molar-refractivity contribution < 1.29 is 9.53 Å². The van der Waals surface area contributed by atoms with E-state index in [2.05, 4.69) is 18.2 Å². The van der Waals surface area contributed by atoms with Gasteiger partial charge in [0.2, 0.25) is 0 Å². The second-order valence-corrected chi connectivity index (χ2v) is 4.85. The molecule has 1 aliphatic rings. The largest absolute Gasteiger partial charge is 0.465 e. The highest BCUT2D eigenvalue weighted by molar-refractivity contribution is 5.76. The van der Waals surface area contributed by atoms with Crippen LogP contribution < -0.4 is 5.32 Å². The minimum Gasteiger partial charge on any atom is -0.465 e. The molecule has 0 radical (unpaired) electrons. The highest BCUT2D eigenvalue weighted by atomic mass is 16.5. The van der Waals surface area contributed by atoms with E-state index in [0.29, 0.717) is 25.0 Å². The molecule has 0 amide bonds. The second kappa shape index (κ2) is 7.34. The fourth-order valence-corrected chi connectivity index (χ4v) is 2.63. The van der Waals surface area contributed by atoms with E-state index in [1.807, 2.05) is 6.92 Å². The maximum Gasteiger partial charge on any atom is 0.323 e. The van der Waals surface area contributed by atoms with Gasteiger partial charge < -0.3 is 4.74 Å². The van der Waals surface area contributed by atoms with Crippen LogP contribution in [0, 0.1) is 24.2 Å². The van der Waals surface area contributed by atoms with E-state index >= 15 is 0 Å². The van der Waals surface area contributed by atoms with Gasteiger partial charge in [-0.25, -0.2) is 0 Å². The molecular formula is C14H23NO2. The third-order valence-corrected chi connectivity index (χ3v) is 3.41. The van der Waals surface area contributed by atoms with Gasteiger partial charge in [-0.15, -0.1) is 6.42 Å². The van der Waals surface area contributed by atoms with Crippen molar-refractivity contribution in [2.75, 3.05) is 13.2 Å². The van der Waals surface area contributed by atoms with Crippen LogP contribution in [0.15, 0.2) is 0 Å². The molecule has 3 nitrogen and oxygen atoms in total. The van der Waals surface area contributed by atoms with Crippen LogP contribution in [0.25, 0.3) is 0 Å². The fourth-order valence-electron chi connectivity index (χ4n) is 2.63. The molecule has 0 bridgehead atoms. The Morgan fingerprint density at radius 1 is 1.59 bits per heavy atom. The summed E-state index contributed by atoms with van der Waals surface area (Å²) in [5.74, 6) is 3.44. The van der Waals surface area contributed by atoms with Crippen molar-refractivity contribution >= 4 is 5.97 Å². The zero-order valence-corrected chi connectivity index (χ0v) is 10.9. The molecule has 0 saturated heterocycles. The highest BCUT2D eigenvalue weighted by Gasteiger charge is 2.31. The van der Waals surface area contributed by atoms with Gasteiger partial charge in [-0.05, 0) is 31.6 Å². The number of rotatable bonds is 5. The van der Waals surface area contributed by atoms with Gasteiger partial charge in [-0.2, -0.15) is 0 Å². The molecule has 1 aliphatic carbocycles. The van der Waals surface area contributed by atoms with Gasteiger partial charge in [-0.1, -0.05) is 25.7 Å². The molecule has 3 atom stereocenters. The normalized spacial score (nSPS) is 25.9. The second-order valence-electron chi connectivity index (χ2n) is 4.85. The van der Waals surface area contributed by atoms with Gasteiger partial charge in [0.15, 0.2) is 0 Å². The molecule has 1 saturated carbocycles.